The summed E-state index contributed by atoms with van der Waals surface area (Å²) < 4.78 is 4.62. The molecule has 0 fully saturated rings. The standard InChI is InChI=1S/C8H11N3O2/c1-13-8(12)6-5-3-2-4-9-7(5)11-10-6/h2-4H2,1H3,(H2,9,10,11). The van der Waals surface area contributed by atoms with Gasteiger partial charge in [0.1, 0.15) is 5.69 Å². The maximum Gasteiger partial charge on any atom is 0.356 e. The van der Waals surface area contributed by atoms with Gasteiger partial charge in [0.2, 0.25) is 0 Å². The summed E-state index contributed by atoms with van der Waals surface area (Å²) in [6, 6.07) is 0. The van der Waals surface area contributed by atoms with E-state index in [1.54, 1.807) is 0 Å². The van der Waals surface area contributed by atoms with Gasteiger partial charge in [-0.3, -0.25) is 5.10 Å². The van der Waals surface area contributed by atoms with Crippen molar-refractivity contribution in [1.29, 1.82) is 0 Å². The van der Waals surface area contributed by atoms with Crippen LogP contribution >= 0.6 is 0 Å². The largest absolute Gasteiger partial charge is 0.464 e. The van der Waals surface area contributed by atoms with Crippen LogP contribution in [-0.4, -0.2) is 29.8 Å². The van der Waals surface area contributed by atoms with Crippen LogP contribution in [0.2, 0.25) is 0 Å². The molecule has 13 heavy (non-hydrogen) atoms. The first-order valence-electron chi connectivity index (χ1n) is 4.22. The molecule has 0 atom stereocenters. The van der Waals surface area contributed by atoms with Gasteiger partial charge in [-0.05, 0) is 12.8 Å². The lowest BCUT2D eigenvalue weighted by Crippen LogP contribution is -2.13. The van der Waals surface area contributed by atoms with Gasteiger partial charge in [-0.25, -0.2) is 4.79 Å². The lowest BCUT2D eigenvalue weighted by molar-refractivity contribution is 0.0592. The maximum atomic E-state index is 11.2. The van der Waals surface area contributed by atoms with E-state index in [9.17, 15) is 4.79 Å². The van der Waals surface area contributed by atoms with E-state index in [0.29, 0.717) is 5.69 Å². The number of rotatable bonds is 1. The molecule has 1 aromatic heterocycles. The number of nitrogens with zero attached hydrogens (tertiary/aromatic N) is 1. The second-order valence-electron chi connectivity index (χ2n) is 2.95. The van der Waals surface area contributed by atoms with Crippen LogP contribution in [0.25, 0.3) is 0 Å². The summed E-state index contributed by atoms with van der Waals surface area (Å²) in [4.78, 5) is 11.2. The molecule has 5 nitrogen and oxygen atoms in total. The molecule has 0 saturated heterocycles. The van der Waals surface area contributed by atoms with E-state index in [1.807, 2.05) is 0 Å². The minimum Gasteiger partial charge on any atom is -0.464 e. The highest BCUT2D eigenvalue weighted by atomic mass is 16.5. The number of ether oxygens (including phenoxy) is 1. The number of aromatic nitrogens is 2. The van der Waals surface area contributed by atoms with E-state index >= 15 is 0 Å². The van der Waals surface area contributed by atoms with Gasteiger partial charge in [-0.15, -0.1) is 0 Å². The number of fused-ring (bicyclic) bond motifs is 1. The second-order valence-corrected chi connectivity index (χ2v) is 2.95. The van der Waals surface area contributed by atoms with E-state index in [-0.39, 0.29) is 5.97 Å². The Hall–Kier alpha value is -1.52. The smallest absolute Gasteiger partial charge is 0.356 e. The Morgan fingerprint density at radius 2 is 2.46 bits per heavy atom. The molecule has 1 aliphatic heterocycles. The fraction of sp³-hybridized carbons (Fsp3) is 0.500. The molecule has 0 aliphatic carbocycles. The molecular formula is C8H11N3O2. The zero-order valence-corrected chi connectivity index (χ0v) is 7.39. The summed E-state index contributed by atoms with van der Waals surface area (Å²) in [6.45, 7) is 0.915. The molecule has 0 aromatic carbocycles. The van der Waals surface area contributed by atoms with Gasteiger partial charge in [-0.1, -0.05) is 0 Å². The number of anilines is 1. The minimum absolute atomic E-state index is 0.350. The lowest BCUT2D eigenvalue weighted by Gasteiger charge is -2.12. The Morgan fingerprint density at radius 1 is 1.62 bits per heavy atom. The molecule has 0 radical (unpaired) electrons. The molecule has 1 aromatic rings. The quantitative estimate of drug-likeness (QED) is 0.621. The van der Waals surface area contributed by atoms with Crippen molar-refractivity contribution in [2.24, 2.45) is 0 Å². The third-order valence-corrected chi connectivity index (χ3v) is 2.15. The summed E-state index contributed by atoms with van der Waals surface area (Å²) >= 11 is 0. The third-order valence-electron chi connectivity index (χ3n) is 2.15. The topological polar surface area (TPSA) is 67.0 Å². The maximum absolute atomic E-state index is 11.2. The lowest BCUT2D eigenvalue weighted by atomic mass is 10.1. The predicted molar refractivity (Wildman–Crippen MR) is 46.7 cm³/mol. The van der Waals surface area contributed by atoms with Gasteiger partial charge < -0.3 is 10.1 Å². The molecule has 0 unspecified atom stereocenters. The fourth-order valence-electron chi connectivity index (χ4n) is 1.50. The number of hydrogen-bond acceptors (Lipinski definition) is 4. The van der Waals surface area contributed by atoms with E-state index in [1.165, 1.54) is 7.11 Å². The van der Waals surface area contributed by atoms with Crippen molar-refractivity contribution in [2.75, 3.05) is 19.0 Å². The monoisotopic (exact) mass is 181 g/mol. The van der Waals surface area contributed by atoms with Crippen LogP contribution in [0.3, 0.4) is 0 Å². The fourth-order valence-corrected chi connectivity index (χ4v) is 1.50. The molecule has 0 spiro atoms. The van der Waals surface area contributed by atoms with Gasteiger partial charge in [0.05, 0.1) is 7.11 Å². The zero-order valence-electron chi connectivity index (χ0n) is 7.39. The molecule has 2 N–H and O–H groups in total. The number of esters is 1. The molecule has 0 amide bonds. The normalized spacial score (nSPS) is 14.5. The predicted octanol–water partition coefficient (Wildman–Crippen LogP) is 0.554. The Kier molecular flexibility index (Phi) is 1.92. The van der Waals surface area contributed by atoms with E-state index in [2.05, 4.69) is 20.3 Å². The van der Waals surface area contributed by atoms with Crippen molar-refractivity contribution >= 4 is 11.8 Å². The van der Waals surface area contributed by atoms with Gasteiger partial charge in [0.25, 0.3) is 0 Å². The highest BCUT2D eigenvalue weighted by molar-refractivity contribution is 5.90. The van der Waals surface area contributed by atoms with Crippen molar-refractivity contribution < 1.29 is 9.53 Å². The van der Waals surface area contributed by atoms with Gasteiger partial charge in [0, 0.05) is 12.1 Å². The van der Waals surface area contributed by atoms with Crippen LogP contribution in [0.1, 0.15) is 22.5 Å². The van der Waals surface area contributed by atoms with E-state index < -0.39 is 0 Å². The first-order chi connectivity index (χ1) is 6.33. The second kappa shape index (κ2) is 3.08. The van der Waals surface area contributed by atoms with Crippen molar-refractivity contribution in [1.82, 2.24) is 10.2 Å². The number of carbonyl (C=O) groups excluding carboxylic acids is 1. The third kappa shape index (κ3) is 1.26. The summed E-state index contributed by atoms with van der Waals surface area (Å²) in [5, 5.41) is 9.78. The van der Waals surface area contributed by atoms with Crippen LogP contribution in [0.5, 0.6) is 0 Å². The van der Waals surface area contributed by atoms with Crippen molar-refractivity contribution in [3.05, 3.63) is 11.3 Å². The molecule has 0 saturated carbocycles. The molecule has 1 aliphatic rings. The van der Waals surface area contributed by atoms with Crippen LogP contribution in [0, 0.1) is 0 Å². The molecule has 70 valence electrons. The van der Waals surface area contributed by atoms with E-state index in [0.717, 1.165) is 30.8 Å². The Labute approximate surface area is 75.5 Å². The zero-order chi connectivity index (χ0) is 9.26. The van der Waals surface area contributed by atoms with Crippen molar-refractivity contribution in [3.8, 4) is 0 Å². The Bertz CT molecular complexity index is 332. The molecule has 0 bridgehead atoms. The number of aromatic amines is 1. The van der Waals surface area contributed by atoms with Gasteiger partial charge in [-0.2, -0.15) is 5.10 Å². The van der Waals surface area contributed by atoms with Crippen LogP contribution < -0.4 is 5.32 Å². The van der Waals surface area contributed by atoms with Crippen LogP contribution in [0.4, 0.5) is 5.82 Å². The SMILES string of the molecule is COC(=O)c1[nH]nc2c1CCCN2. The minimum atomic E-state index is -0.350. The average molecular weight is 181 g/mol. The number of carbonyl (C=O) groups is 1. The average Bonchev–Trinajstić information content (AvgIpc) is 2.60. The number of methoxy groups -OCH3 is 1. The van der Waals surface area contributed by atoms with E-state index in [4.69, 9.17) is 0 Å². The molecular weight excluding hydrogens is 170 g/mol. The van der Waals surface area contributed by atoms with Gasteiger partial charge in [0.15, 0.2) is 5.82 Å². The first-order valence-corrected chi connectivity index (χ1v) is 4.22. The van der Waals surface area contributed by atoms with Crippen LogP contribution in [-0.2, 0) is 11.2 Å². The summed E-state index contributed by atoms with van der Waals surface area (Å²) in [5.74, 6) is 0.434. The number of H-pyrrole nitrogens is 1. The highest BCUT2D eigenvalue weighted by Crippen LogP contribution is 2.22. The summed E-state index contributed by atoms with van der Waals surface area (Å²) in [5.41, 5.74) is 1.42. The summed E-state index contributed by atoms with van der Waals surface area (Å²) in [7, 11) is 1.37. The summed E-state index contributed by atoms with van der Waals surface area (Å²) in [6.07, 6.45) is 1.90. The number of nitrogens with one attached hydrogen (secondary N) is 2. The highest BCUT2D eigenvalue weighted by Gasteiger charge is 2.21. The molecule has 2 rings (SSSR count). The Balaban J connectivity index is 2.36. The molecule has 5 heteroatoms. The van der Waals surface area contributed by atoms with Gasteiger partial charge >= 0.3 is 5.97 Å². The van der Waals surface area contributed by atoms with Crippen molar-refractivity contribution in [3.63, 3.8) is 0 Å². The van der Waals surface area contributed by atoms with Crippen LogP contribution in [0.15, 0.2) is 0 Å². The number of hydrogen-bond donors (Lipinski definition) is 2. The van der Waals surface area contributed by atoms with Crippen molar-refractivity contribution in [2.45, 2.75) is 12.8 Å². The molecule has 2 heterocycles. The first kappa shape index (κ1) is 8.10. The Morgan fingerprint density at radius 3 is 3.23 bits per heavy atom.